The number of hydrogen-bond donors (Lipinski definition) is 4. The number of anilines is 1. The first-order chi connectivity index (χ1) is 10.1. The minimum Gasteiger partial charge on any atom is -0.508 e. The van der Waals surface area contributed by atoms with Crippen molar-refractivity contribution in [2.45, 2.75) is 6.92 Å². The standard InChI is InChI=1S/C15H15N3O2S/c1-10-4-2-3-5-13(10)17-15(21)18-16-9-11-6-7-12(19)8-14(11)20/h2-9,19-20H,1H3,(H2,17,18,21). The Hall–Kier alpha value is -2.60. The number of hydrogen-bond acceptors (Lipinski definition) is 4. The fourth-order valence-corrected chi connectivity index (χ4v) is 1.83. The molecule has 2 aromatic rings. The third kappa shape index (κ3) is 4.19. The summed E-state index contributed by atoms with van der Waals surface area (Å²) >= 11 is 5.13. The second kappa shape index (κ2) is 6.71. The van der Waals surface area contributed by atoms with Crippen LogP contribution in [0.4, 0.5) is 5.69 Å². The van der Waals surface area contributed by atoms with Crippen LogP contribution in [-0.4, -0.2) is 21.5 Å². The van der Waals surface area contributed by atoms with E-state index in [-0.39, 0.29) is 11.5 Å². The molecule has 0 saturated heterocycles. The van der Waals surface area contributed by atoms with Gasteiger partial charge in [0, 0.05) is 17.3 Å². The van der Waals surface area contributed by atoms with Gasteiger partial charge in [0.1, 0.15) is 11.5 Å². The van der Waals surface area contributed by atoms with E-state index in [1.54, 1.807) is 6.07 Å². The van der Waals surface area contributed by atoms with Gasteiger partial charge in [0.2, 0.25) is 0 Å². The molecule has 108 valence electrons. The minimum absolute atomic E-state index is 0.00523. The highest BCUT2D eigenvalue weighted by atomic mass is 32.1. The van der Waals surface area contributed by atoms with E-state index in [4.69, 9.17) is 12.2 Å². The number of rotatable bonds is 3. The Labute approximate surface area is 127 Å². The van der Waals surface area contributed by atoms with Crippen molar-refractivity contribution < 1.29 is 10.2 Å². The van der Waals surface area contributed by atoms with Crippen LogP contribution < -0.4 is 10.7 Å². The molecule has 0 fully saturated rings. The second-order valence-corrected chi connectivity index (χ2v) is 4.79. The first-order valence-electron chi connectivity index (χ1n) is 6.24. The predicted molar refractivity (Wildman–Crippen MR) is 87.9 cm³/mol. The van der Waals surface area contributed by atoms with Crippen molar-refractivity contribution in [3.05, 3.63) is 53.6 Å². The fraction of sp³-hybridized carbons (Fsp3) is 0.0667. The van der Waals surface area contributed by atoms with E-state index in [9.17, 15) is 10.2 Å². The summed E-state index contributed by atoms with van der Waals surface area (Å²) in [5.74, 6) is -0.0623. The molecule has 0 unspecified atom stereocenters. The summed E-state index contributed by atoms with van der Waals surface area (Å²) in [7, 11) is 0. The van der Waals surface area contributed by atoms with E-state index in [1.165, 1.54) is 18.3 Å². The molecule has 6 heteroatoms. The van der Waals surface area contributed by atoms with Crippen LogP contribution in [0.15, 0.2) is 47.6 Å². The van der Waals surface area contributed by atoms with Crippen molar-refractivity contribution >= 4 is 29.2 Å². The largest absolute Gasteiger partial charge is 0.508 e. The number of nitrogens with zero attached hydrogens (tertiary/aromatic N) is 1. The Kier molecular flexibility index (Phi) is 4.73. The summed E-state index contributed by atoms with van der Waals surface area (Å²) in [5.41, 5.74) is 5.11. The van der Waals surface area contributed by atoms with Crippen LogP contribution in [0, 0.1) is 6.92 Å². The molecule has 5 nitrogen and oxygen atoms in total. The van der Waals surface area contributed by atoms with E-state index < -0.39 is 0 Å². The van der Waals surface area contributed by atoms with Gasteiger partial charge in [-0.15, -0.1) is 0 Å². The van der Waals surface area contributed by atoms with Crippen LogP contribution in [0.3, 0.4) is 0 Å². The average Bonchev–Trinajstić information content (AvgIpc) is 2.44. The predicted octanol–water partition coefficient (Wildman–Crippen LogP) is 2.73. The zero-order chi connectivity index (χ0) is 15.2. The van der Waals surface area contributed by atoms with Crippen LogP contribution >= 0.6 is 12.2 Å². The van der Waals surface area contributed by atoms with Crippen LogP contribution in [-0.2, 0) is 0 Å². The van der Waals surface area contributed by atoms with Crippen molar-refractivity contribution in [1.29, 1.82) is 0 Å². The maximum Gasteiger partial charge on any atom is 0.191 e. The molecule has 0 aliphatic rings. The summed E-state index contributed by atoms with van der Waals surface area (Å²) in [4.78, 5) is 0. The number of phenols is 2. The molecular formula is C15H15N3O2S. The molecular weight excluding hydrogens is 286 g/mol. The zero-order valence-corrected chi connectivity index (χ0v) is 12.2. The van der Waals surface area contributed by atoms with Crippen LogP contribution in [0.5, 0.6) is 11.5 Å². The number of aryl methyl sites for hydroxylation is 1. The summed E-state index contributed by atoms with van der Waals surface area (Å²) < 4.78 is 0. The number of hydrazone groups is 1. The Morgan fingerprint density at radius 2 is 1.95 bits per heavy atom. The molecule has 0 heterocycles. The minimum atomic E-state index is -0.0571. The lowest BCUT2D eigenvalue weighted by Crippen LogP contribution is -2.24. The molecule has 2 rings (SSSR count). The number of para-hydroxylation sites is 1. The van der Waals surface area contributed by atoms with Gasteiger partial charge in [-0.2, -0.15) is 5.10 Å². The maximum atomic E-state index is 9.60. The Morgan fingerprint density at radius 1 is 1.19 bits per heavy atom. The molecule has 0 aromatic heterocycles. The van der Waals surface area contributed by atoms with Crippen LogP contribution in [0.2, 0.25) is 0 Å². The zero-order valence-electron chi connectivity index (χ0n) is 11.4. The summed E-state index contributed by atoms with van der Waals surface area (Å²) in [6.45, 7) is 1.97. The molecule has 0 spiro atoms. The third-order valence-corrected chi connectivity index (χ3v) is 2.97. The lowest BCUT2D eigenvalue weighted by atomic mass is 10.2. The SMILES string of the molecule is Cc1ccccc1NC(=S)NN=Cc1ccc(O)cc1O. The monoisotopic (exact) mass is 301 g/mol. The van der Waals surface area contributed by atoms with Gasteiger partial charge in [0.05, 0.1) is 6.21 Å². The Bertz CT molecular complexity index is 686. The normalized spacial score (nSPS) is 10.5. The van der Waals surface area contributed by atoms with Crippen molar-refractivity contribution in [3.8, 4) is 11.5 Å². The quantitative estimate of drug-likeness (QED) is 0.398. The number of benzene rings is 2. The third-order valence-electron chi connectivity index (χ3n) is 2.78. The highest BCUT2D eigenvalue weighted by Crippen LogP contribution is 2.20. The van der Waals surface area contributed by atoms with Crippen LogP contribution in [0.1, 0.15) is 11.1 Å². The fourth-order valence-electron chi connectivity index (χ4n) is 1.67. The van der Waals surface area contributed by atoms with Gasteiger partial charge in [-0.25, -0.2) is 0 Å². The van der Waals surface area contributed by atoms with Gasteiger partial charge in [-0.1, -0.05) is 18.2 Å². The number of nitrogens with one attached hydrogen (secondary N) is 2. The van der Waals surface area contributed by atoms with Gasteiger partial charge >= 0.3 is 0 Å². The summed E-state index contributed by atoms with van der Waals surface area (Å²) in [6, 6.07) is 12.0. The van der Waals surface area contributed by atoms with Crippen molar-refractivity contribution in [2.24, 2.45) is 5.10 Å². The Balaban J connectivity index is 1.95. The van der Waals surface area contributed by atoms with E-state index in [0.717, 1.165) is 11.3 Å². The molecule has 2 aromatic carbocycles. The molecule has 0 amide bonds. The first kappa shape index (κ1) is 14.8. The van der Waals surface area contributed by atoms with Crippen molar-refractivity contribution in [3.63, 3.8) is 0 Å². The van der Waals surface area contributed by atoms with E-state index in [0.29, 0.717) is 10.7 Å². The molecule has 0 saturated carbocycles. The van der Waals surface area contributed by atoms with Gasteiger partial charge in [0.15, 0.2) is 5.11 Å². The first-order valence-corrected chi connectivity index (χ1v) is 6.65. The summed E-state index contributed by atoms with van der Waals surface area (Å²) in [5, 5.41) is 26.1. The molecule has 4 N–H and O–H groups in total. The van der Waals surface area contributed by atoms with E-state index in [2.05, 4.69) is 15.8 Å². The smallest absolute Gasteiger partial charge is 0.191 e. The Morgan fingerprint density at radius 3 is 2.67 bits per heavy atom. The average molecular weight is 301 g/mol. The molecule has 0 aliphatic heterocycles. The maximum absolute atomic E-state index is 9.60. The van der Waals surface area contributed by atoms with Gasteiger partial charge < -0.3 is 15.5 Å². The lowest BCUT2D eigenvalue weighted by molar-refractivity contribution is 0.450. The van der Waals surface area contributed by atoms with Crippen LogP contribution in [0.25, 0.3) is 0 Å². The lowest BCUT2D eigenvalue weighted by Gasteiger charge is -2.09. The molecule has 0 atom stereocenters. The van der Waals surface area contributed by atoms with E-state index in [1.807, 2.05) is 31.2 Å². The number of aromatic hydroxyl groups is 2. The second-order valence-electron chi connectivity index (χ2n) is 4.38. The van der Waals surface area contributed by atoms with Crippen molar-refractivity contribution in [2.75, 3.05) is 5.32 Å². The number of phenolic OH excluding ortho intramolecular Hbond substituents is 2. The van der Waals surface area contributed by atoms with Gasteiger partial charge in [0.25, 0.3) is 0 Å². The van der Waals surface area contributed by atoms with Gasteiger partial charge in [-0.3, -0.25) is 5.43 Å². The molecule has 0 bridgehead atoms. The highest BCUT2D eigenvalue weighted by molar-refractivity contribution is 7.80. The topological polar surface area (TPSA) is 76.9 Å². The van der Waals surface area contributed by atoms with E-state index >= 15 is 0 Å². The molecule has 21 heavy (non-hydrogen) atoms. The molecule has 0 radical (unpaired) electrons. The summed E-state index contributed by atoms with van der Waals surface area (Å²) in [6.07, 6.45) is 1.42. The van der Waals surface area contributed by atoms with Gasteiger partial charge in [-0.05, 0) is 42.9 Å². The highest BCUT2D eigenvalue weighted by Gasteiger charge is 2.00. The van der Waals surface area contributed by atoms with Crippen molar-refractivity contribution in [1.82, 2.24) is 5.43 Å². The number of thiocarbonyl (C=S) groups is 1. The molecule has 0 aliphatic carbocycles.